The van der Waals surface area contributed by atoms with Crippen LogP contribution in [-0.2, 0) is 4.74 Å². The zero-order valence-electron chi connectivity index (χ0n) is 11.7. The van der Waals surface area contributed by atoms with Gasteiger partial charge in [0.25, 0.3) is 0 Å². The molecule has 0 unspecified atom stereocenters. The van der Waals surface area contributed by atoms with Gasteiger partial charge in [0.1, 0.15) is 18.1 Å². The van der Waals surface area contributed by atoms with E-state index in [0.29, 0.717) is 0 Å². The maximum atomic E-state index is 13.0. The first-order chi connectivity index (χ1) is 9.66. The molecule has 1 aliphatic heterocycles. The van der Waals surface area contributed by atoms with Gasteiger partial charge >= 0.3 is 0 Å². The Bertz CT molecular complexity index is 569. The molecule has 0 amide bonds. The Hall–Kier alpha value is -1.71. The molecule has 3 rings (SSSR count). The number of nitrogens with zero attached hydrogens (tertiary/aromatic N) is 1. The van der Waals surface area contributed by atoms with Crippen LogP contribution in [0.5, 0.6) is 0 Å². The van der Waals surface area contributed by atoms with Crippen molar-refractivity contribution in [3.8, 4) is 0 Å². The predicted molar refractivity (Wildman–Crippen MR) is 76.6 cm³/mol. The van der Waals surface area contributed by atoms with Crippen LogP contribution in [0.25, 0.3) is 0 Å². The molecule has 20 heavy (non-hydrogen) atoms. The highest BCUT2D eigenvalue weighted by atomic mass is 19.1. The van der Waals surface area contributed by atoms with Crippen LogP contribution in [0.4, 0.5) is 4.39 Å². The Morgan fingerprint density at radius 2 is 1.60 bits per heavy atom. The number of halogens is 1. The zero-order valence-corrected chi connectivity index (χ0v) is 11.7. The molecule has 3 heteroatoms. The average molecular weight is 271 g/mol. The first-order valence-corrected chi connectivity index (χ1v) is 6.84. The van der Waals surface area contributed by atoms with Crippen LogP contribution in [0.1, 0.15) is 30.4 Å². The van der Waals surface area contributed by atoms with Crippen molar-refractivity contribution < 1.29 is 9.13 Å². The van der Waals surface area contributed by atoms with Crippen LogP contribution >= 0.6 is 0 Å². The molecule has 0 saturated carbocycles. The van der Waals surface area contributed by atoms with Crippen molar-refractivity contribution in [2.24, 2.45) is 0 Å². The Labute approximate surface area is 118 Å². The number of ether oxygens (including phenoxy) is 1. The van der Waals surface area contributed by atoms with E-state index in [1.807, 2.05) is 25.2 Å². The summed E-state index contributed by atoms with van der Waals surface area (Å²) in [7, 11) is 2.04. The molecule has 3 atom stereocenters. The molecule has 0 aromatic heterocycles. The van der Waals surface area contributed by atoms with Crippen molar-refractivity contribution in [2.45, 2.75) is 25.3 Å². The van der Waals surface area contributed by atoms with E-state index in [9.17, 15) is 4.39 Å². The third kappa shape index (κ3) is 2.35. The SMILES string of the molecule is C[C@H]1[C@@H](c2ccccc2)O[C@@H](c2ccc(F)cc2)N1C. The van der Waals surface area contributed by atoms with E-state index in [2.05, 4.69) is 24.0 Å². The number of hydrogen-bond acceptors (Lipinski definition) is 2. The molecule has 2 nitrogen and oxygen atoms in total. The van der Waals surface area contributed by atoms with Crippen LogP contribution in [0, 0.1) is 5.82 Å². The fourth-order valence-electron chi connectivity index (χ4n) is 2.72. The van der Waals surface area contributed by atoms with Crippen molar-refractivity contribution in [3.63, 3.8) is 0 Å². The molecular weight excluding hydrogens is 253 g/mol. The summed E-state index contributed by atoms with van der Waals surface area (Å²) in [4.78, 5) is 2.19. The first kappa shape index (κ1) is 13.3. The monoisotopic (exact) mass is 271 g/mol. The van der Waals surface area contributed by atoms with Crippen molar-refractivity contribution in [1.82, 2.24) is 4.90 Å². The number of likely N-dealkylation sites (N-methyl/N-ethyl adjacent to an activating group) is 1. The molecular formula is C17H18FNO. The van der Waals surface area contributed by atoms with Gasteiger partial charge in [0.05, 0.1) is 0 Å². The highest BCUT2D eigenvalue weighted by Crippen LogP contribution is 2.40. The third-order valence-corrected chi connectivity index (χ3v) is 4.01. The van der Waals surface area contributed by atoms with Gasteiger partial charge in [-0.3, -0.25) is 4.90 Å². The van der Waals surface area contributed by atoms with Crippen LogP contribution in [0.3, 0.4) is 0 Å². The highest BCUT2D eigenvalue weighted by molar-refractivity contribution is 5.24. The Morgan fingerprint density at radius 3 is 2.25 bits per heavy atom. The molecule has 2 aromatic carbocycles. The van der Waals surface area contributed by atoms with Crippen molar-refractivity contribution in [3.05, 3.63) is 71.5 Å². The second-order valence-corrected chi connectivity index (χ2v) is 5.28. The largest absolute Gasteiger partial charge is 0.349 e. The maximum Gasteiger partial charge on any atom is 0.137 e. The Kier molecular flexibility index (Phi) is 3.55. The standard InChI is InChI=1S/C17H18FNO/c1-12-16(13-6-4-3-5-7-13)20-17(19(12)2)14-8-10-15(18)11-9-14/h3-12,16-17H,1-2H3/t12-,16-,17-/m0/s1. The molecule has 1 fully saturated rings. The maximum absolute atomic E-state index is 13.0. The van der Waals surface area contributed by atoms with Crippen LogP contribution in [-0.4, -0.2) is 18.0 Å². The van der Waals surface area contributed by atoms with Gasteiger partial charge in [-0.05, 0) is 37.2 Å². The van der Waals surface area contributed by atoms with Crippen LogP contribution in [0.15, 0.2) is 54.6 Å². The van der Waals surface area contributed by atoms with Gasteiger partial charge in [0, 0.05) is 6.04 Å². The van der Waals surface area contributed by atoms with E-state index in [4.69, 9.17) is 4.74 Å². The van der Waals surface area contributed by atoms with Gasteiger partial charge in [0.2, 0.25) is 0 Å². The van der Waals surface area contributed by atoms with E-state index in [1.165, 1.54) is 17.7 Å². The van der Waals surface area contributed by atoms with E-state index in [1.54, 1.807) is 12.1 Å². The quantitative estimate of drug-likeness (QED) is 0.821. The highest BCUT2D eigenvalue weighted by Gasteiger charge is 2.38. The molecule has 0 spiro atoms. The third-order valence-electron chi connectivity index (χ3n) is 4.01. The van der Waals surface area contributed by atoms with E-state index in [-0.39, 0.29) is 24.2 Å². The van der Waals surface area contributed by atoms with Crippen LogP contribution < -0.4 is 0 Å². The zero-order chi connectivity index (χ0) is 14.1. The van der Waals surface area contributed by atoms with Crippen LogP contribution in [0.2, 0.25) is 0 Å². The van der Waals surface area contributed by atoms with E-state index < -0.39 is 0 Å². The second kappa shape index (κ2) is 5.35. The van der Waals surface area contributed by atoms with E-state index >= 15 is 0 Å². The molecule has 0 bridgehead atoms. The number of rotatable bonds is 2. The molecule has 2 aromatic rings. The molecule has 1 saturated heterocycles. The first-order valence-electron chi connectivity index (χ1n) is 6.84. The summed E-state index contributed by atoms with van der Waals surface area (Å²) in [5.74, 6) is -0.220. The van der Waals surface area contributed by atoms with Crippen molar-refractivity contribution in [1.29, 1.82) is 0 Å². The lowest BCUT2D eigenvalue weighted by Gasteiger charge is -2.21. The summed E-state index contributed by atoms with van der Waals surface area (Å²) in [6.07, 6.45) is -0.0907. The normalized spacial score (nSPS) is 26.9. The van der Waals surface area contributed by atoms with Gasteiger partial charge in [-0.1, -0.05) is 42.5 Å². The molecule has 1 heterocycles. The van der Waals surface area contributed by atoms with Gasteiger partial charge in [-0.15, -0.1) is 0 Å². The summed E-state index contributed by atoms with van der Waals surface area (Å²) < 4.78 is 19.2. The number of benzene rings is 2. The Morgan fingerprint density at radius 1 is 0.950 bits per heavy atom. The minimum atomic E-state index is -0.220. The molecule has 1 aliphatic rings. The fraction of sp³-hybridized carbons (Fsp3) is 0.294. The van der Waals surface area contributed by atoms with E-state index in [0.717, 1.165) is 5.56 Å². The average Bonchev–Trinajstić information content (AvgIpc) is 2.77. The topological polar surface area (TPSA) is 12.5 Å². The lowest BCUT2D eigenvalue weighted by atomic mass is 10.0. The lowest BCUT2D eigenvalue weighted by molar-refractivity contribution is 0.00556. The second-order valence-electron chi connectivity index (χ2n) is 5.28. The smallest absolute Gasteiger partial charge is 0.137 e. The fourth-order valence-corrected chi connectivity index (χ4v) is 2.72. The predicted octanol–water partition coefficient (Wildman–Crippen LogP) is 3.92. The lowest BCUT2D eigenvalue weighted by Crippen LogP contribution is -2.27. The van der Waals surface area contributed by atoms with Gasteiger partial charge in [-0.25, -0.2) is 4.39 Å². The number of hydrogen-bond donors (Lipinski definition) is 0. The van der Waals surface area contributed by atoms with Crippen molar-refractivity contribution in [2.75, 3.05) is 7.05 Å². The van der Waals surface area contributed by atoms with Gasteiger partial charge in [-0.2, -0.15) is 0 Å². The molecule has 0 aliphatic carbocycles. The van der Waals surface area contributed by atoms with Gasteiger partial charge in [0.15, 0.2) is 0 Å². The molecule has 0 radical (unpaired) electrons. The Balaban J connectivity index is 1.87. The summed E-state index contributed by atoms with van der Waals surface area (Å²) in [6, 6.07) is 17.0. The minimum Gasteiger partial charge on any atom is -0.349 e. The molecule has 0 N–H and O–H groups in total. The summed E-state index contributed by atoms with van der Waals surface area (Å²) in [5, 5.41) is 0. The minimum absolute atomic E-state index is 0.0382. The van der Waals surface area contributed by atoms with Crippen molar-refractivity contribution >= 4 is 0 Å². The summed E-state index contributed by atoms with van der Waals surface area (Å²) in [5.41, 5.74) is 2.16. The van der Waals surface area contributed by atoms with Gasteiger partial charge < -0.3 is 4.74 Å². The summed E-state index contributed by atoms with van der Waals surface area (Å²) >= 11 is 0. The molecule has 104 valence electrons. The summed E-state index contributed by atoms with van der Waals surface area (Å²) in [6.45, 7) is 2.15.